The maximum Gasteiger partial charge on any atom is 0.0521 e. The van der Waals surface area contributed by atoms with Crippen LogP contribution in [0.25, 0.3) is 0 Å². The zero-order valence-electron chi connectivity index (χ0n) is 9.40. The largest absolute Gasteiger partial charge is 0.396 e. The topological polar surface area (TPSA) is 46.2 Å². The van der Waals surface area contributed by atoms with E-state index in [2.05, 4.69) is 6.92 Å². The summed E-state index contributed by atoms with van der Waals surface area (Å²) >= 11 is 7.83. The van der Waals surface area contributed by atoms with Gasteiger partial charge in [0.15, 0.2) is 0 Å². The quantitative estimate of drug-likeness (QED) is 0.826. The third kappa shape index (κ3) is 3.67. The number of hydrogen-bond acceptors (Lipinski definition) is 3. The van der Waals surface area contributed by atoms with Crippen LogP contribution in [0.5, 0.6) is 0 Å². The SMILES string of the molecule is CCC(N)C(SCCO)c1ccccc1Cl. The molecule has 0 aromatic heterocycles. The third-order valence-corrected chi connectivity index (χ3v) is 4.19. The highest BCUT2D eigenvalue weighted by Crippen LogP contribution is 2.36. The molecule has 0 saturated carbocycles. The maximum absolute atomic E-state index is 8.89. The van der Waals surface area contributed by atoms with E-state index < -0.39 is 0 Å². The molecule has 3 N–H and O–H groups in total. The minimum atomic E-state index is 0.0662. The number of rotatable bonds is 6. The molecule has 2 unspecified atom stereocenters. The Morgan fingerprint density at radius 1 is 1.44 bits per heavy atom. The second kappa shape index (κ2) is 7.17. The Morgan fingerprint density at radius 3 is 2.69 bits per heavy atom. The van der Waals surface area contributed by atoms with Gasteiger partial charge in [-0.3, -0.25) is 0 Å². The van der Waals surface area contributed by atoms with E-state index in [1.54, 1.807) is 11.8 Å². The van der Waals surface area contributed by atoms with E-state index in [1.807, 2.05) is 24.3 Å². The number of nitrogens with two attached hydrogens (primary N) is 1. The van der Waals surface area contributed by atoms with Crippen LogP contribution in [-0.4, -0.2) is 23.5 Å². The summed E-state index contributed by atoms with van der Waals surface area (Å²) in [5.74, 6) is 0.684. The van der Waals surface area contributed by atoms with Gasteiger partial charge in [0.25, 0.3) is 0 Å². The second-order valence-electron chi connectivity index (χ2n) is 3.61. The molecule has 0 fully saturated rings. The van der Waals surface area contributed by atoms with Crippen LogP contribution in [0.4, 0.5) is 0 Å². The Morgan fingerprint density at radius 2 is 2.12 bits per heavy atom. The molecule has 2 atom stereocenters. The number of thioether (sulfide) groups is 1. The van der Waals surface area contributed by atoms with Crippen molar-refractivity contribution in [2.45, 2.75) is 24.6 Å². The van der Waals surface area contributed by atoms with Crippen LogP contribution in [0.15, 0.2) is 24.3 Å². The van der Waals surface area contributed by atoms with Gasteiger partial charge in [-0.25, -0.2) is 0 Å². The standard InChI is InChI=1S/C12H18ClNOS/c1-2-11(14)12(16-8-7-15)9-5-3-4-6-10(9)13/h3-6,11-12,15H,2,7-8,14H2,1H3. The Kier molecular flexibility index (Phi) is 6.21. The van der Waals surface area contributed by atoms with Crippen LogP contribution in [0.1, 0.15) is 24.2 Å². The molecule has 4 heteroatoms. The van der Waals surface area contributed by atoms with Crippen molar-refractivity contribution in [2.75, 3.05) is 12.4 Å². The van der Waals surface area contributed by atoms with Crippen molar-refractivity contribution in [3.63, 3.8) is 0 Å². The van der Waals surface area contributed by atoms with Crippen molar-refractivity contribution in [3.05, 3.63) is 34.9 Å². The highest BCUT2D eigenvalue weighted by Gasteiger charge is 2.20. The molecule has 1 rings (SSSR count). The maximum atomic E-state index is 8.89. The monoisotopic (exact) mass is 259 g/mol. The summed E-state index contributed by atoms with van der Waals surface area (Å²) in [6.07, 6.45) is 0.897. The lowest BCUT2D eigenvalue weighted by Crippen LogP contribution is -2.26. The lowest BCUT2D eigenvalue weighted by atomic mass is 10.0. The second-order valence-corrected chi connectivity index (χ2v) is 5.27. The molecular weight excluding hydrogens is 242 g/mol. The van der Waals surface area contributed by atoms with Crippen LogP contribution < -0.4 is 5.73 Å². The van der Waals surface area contributed by atoms with E-state index in [1.165, 1.54) is 0 Å². The molecule has 1 aromatic carbocycles. The van der Waals surface area contributed by atoms with E-state index in [0.29, 0.717) is 5.75 Å². The first-order valence-corrected chi connectivity index (χ1v) is 6.85. The zero-order valence-corrected chi connectivity index (χ0v) is 11.0. The van der Waals surface area contributed by atoms with Crippen molar-refractivity contribution in [1.29, 1.82) is 0 Å². The lowest BCUT2D eigenvalue weighted by molar-refractivity contribution is 0.322. The van der Waals surface area contributed by atoms with Gasteiger partial charge in [0.1, 0.15) is 0 Å². The average Bonchev–Trinajstić information content (AvgIpc) is 2.31. The molecule has 2 nitrogen and oxygen atoms in total. The third-order valence-electron chi connectivity index (χ3n) is 2.46. The van der Waals surface area contributed by atoms with Crippen LogP contribution in [-0.2, 0) is 0 Å². The van der Waals surface area contributed by atoms with Gasteiger partial charge in [-0.05, 0) is 18.1 Å². The van der Waals surface area contributed by atoms with Crippen LogP contribution in [0.2, 0.25) is 5.02 Å². The Balaban J connectivity index is 2.87. The summed E-state index contributed by atoms with van der Waals surface area (Å²) in [5.41, 5.74) is 7.16. The van der Waals surface area contributed by atoms with Gasteiger partial charge in [-0.15, -0.1) is 11.8 Å². The van der Waals surface area contributed by atoms with Gasteiger partial charge in [0.05, 0.1) is 6.61 Å². The molecule has 0 amide bonds. The fourth-order valence-electron chi connectivity index (χ4n) is 1.54. The highest BCUT2D eigenvalue weighted by atomic mass is 35.5. The molecule has 90 valence electrons. The zero-order chi connectivity index (χ0) is 12.0. The van der Waals surface area contributed by atoms with Crippen molar-refractivity contribution in [1.82, 2.24) is 0 Å². The van der Waals surface area contributed by atoms with E-state index in [0.717, 1.165) is 17.0 Å². The lowest BCUT2D eigenvalue weighted by Gasteiger charge is -2.23. The number of aliphatic hydroxyl groups is 1. The average molecular weight is 260 g/mol. The van der Waals surface area contributed by atoms with Crippen LogP contribution >= 0.6 is 23.4 Å². The van der Waals surface area contributed by atoms with Gasteiger partial charge in [-0.2, -0.15) is 0 Å². The normalized spacial score (nSPS) is 14.8. The smallest absolute Gasteiger partial charge is 0.0521 e. The Labute approximate surface area is 106 Å². The van der Waals surface area contributed by atoms with Gasteiger partial charge in [-0.1, -0.05) is 36.7 Å². The predicted molar refractivity (Wildman–Crippen MR) is 72.0 cm³/mol. The molecule has 0 radical (unpaired) electrons. The molecule has 0 aliphatic rings. The first-order chi connectivity index (χ1) is 7.70. The Hall–Kier alpha value is -0.220. The Bertz CT molecular complexity index is 322. The van der Waals surface area contributed by atoms with E-state index in [9.17, 15) is 0 Å². The fourth-order valence-corrected chi connectivity index (χ4v) is 3.05. The number of halogens is 1. The molecule has 0 spiro atoms. The van der Waals surface area contributed by atoms with Gasteiger partial charge < -0.3 is 10.8 Å². The number of benzene rings is 1. The van der Waals surface area contributed by atoms with Crippen molar-refractivity contribution in [2.24, 2.45) is 5.73 Å². The van der Waals surface area contributed by atoms with E-state index >= 15 is 0 Å². The molecule has 16 heavy (non-hydrogen) atoms. The molecule has 0 heterocycles. The first-order valence-electron chi connectivity index (χ1n) is 5.43. The molecule has 1 aromatic rings. The van der Waals surface area contributed by atoms with E-state index in [4.69, 9.17) is 22.4 Å². The molecule has 0 saturated heterocycles. The summed E-state index contributed by atoms with van der Waals surface area (Å²) in [7, 11) is 0. The van der Waals surface area contributed by atoms with Crippen molar-refractivity contribution < 1.29 is 5.11 Å². The van der Waals surface area contributed by atoms with Crippen molar-refractivity contribution in [3.8, 4) is 0 Å². The molecule has 0 aliphatic carbocycles. The minimum Gasteiger partial charge on any atom is -0.396 e. The van der Waals surface area contributed by atoms with Gasteiger partial charge in [0.2, 0.25) is 0 Å². The van der Waals surface area contributed by atoms with E-state index in [-0.39, 0.29) is 17.9 Å². The van der Waals surface area contributed by atoms with Crippen LogP contribution in [0, 0.1) is 0 Å². The summed E-state index contributed by atoms with van der Waals surface area (Å²) in [4.78, 5) is 0. The fraction of sp³-hybridized carbons (Fsp3) is 0.500. The van der Waals surface area contributed by atoms with Gasteiger partial charge >= 0.3 is 0 Å². The molecular formula is C12H18ClNOS. The summed E-state index contributed by atoms with van der Waals surface area (Å²) in [6, 6.07) is 7.84. The summed E-state index contributed by atoms with van der Waals surface area (Å²) in [6.45, 7) is 2.23. The van der Waals surface area contributed by atoms with Crippen LogP contribution in [0.3, 0.4) is 0 Å². The number of hydrogen-bond donors (Lipinski definition) is 2. The predicted octanol–water partition coefficient (Wildman–Crippen LogP) is 2.84. The summed E-state index contributed by atoms with van der Waals surface area (Å²) in [5, 5.41) is 9.80. The van der Waals surface area contributed by atoms with Crippen molar-refractivity contribution >= 4 is 23.4 Å². The highest BCUT2D eigenvalue weighted by molar-refractivity contribution is 7.99. The molecule has 0 bridgehead atoms. The summed E-state index contributed by atoms with van der Waals surface area (Å²) < 4.78 is 0. The van der Waals surface area contributed by atoms with Gasteiger partial charge in [0, 0.05) is 22.1 Å². The number of aliphatic hydroxyl groups excluding tert-OH is 1. The minimum absolute atomic E-state index is 0.0662. The molecule has 0 aliphatic heterocycles. The first kappa shape index (κ1) is 13.8.